The van der Waals surface area contributed by atoms with E-state index in [0.717, 1.165) is 42.7 Å². The monoisotopic (exact) mass is 540 g/mol. The number of sulfonamides is 1. The average molecular weight is 541 g/mol. The molecule has 0 saturated heterocycles. The fourth-order valence-electron chi connectivity index (χ4n) is 3.44. The van der Waals surface area contributed by atoms with Crippen molar-refractivity contribution < 1.29 is 34.0 Å². The van der Waals surface area contributed by atoms with Crippen molar-refractivity contribution in [3.63, 3.8) is 0 Å². The maximum atomic E-state index is 14.4. The van der Waals surface area contributed by atoms with Gasteiger partial charge in [-0.3, -0.25) is 0 Å². The Morgan fingerprint density at radius 2 is 1.49 bits per heavy atom. The summed E-state index contributed by atoms with van der Waals surface area (Å²) < 4.78 is 108. The first kappa shape index (κ1) is 25.0. The van der Waals surface area contributed by atoms with E-state index in [4.69, 9.17) is 0 Å². The van der Waals surface area contributed by atoms with E-state index in [1.807, 2.05) is 0 Å². The Balaban J connectivity index is 1.90. The second-order valence-corrected chi connectivity index (χ2v) is 13.1. The number of hydrogen-bond acceptors (Lipinski definition) is 6. The van der Waals surface area contributed by atoms with Gasteiger partial charge >= 0.3 is 0 Å². The van der Waals surface area contributed by atoms with Crippen LogP contribution >= 0.6 is 0 Å². The minimum atomic E-state index is -4.76. The van der Waals surface area contributed by atoms with E-state index in [0.29, 0.717) is 9.54 Å². The van der Waals surface area contributed by atoms with Crippen LogP contribution in [0.3, 0.4) is 0 Å². The Morgan fingerprint density at radius 1 is 0.829 bits per heavy atom. The first-order valence-electron chi connectivity index (χ1n) is 9.90. The molecule has 0 aliphatic rings. The van der Waals surface area contributed by atoms with E-state index in [1.165, 1.54) is 36.4 Å². The number of aromatic nitrogens is 1. The Bertz CT molecular complexity index is 1760. The maximum absolute atomic E-state index is 14.4. The molecule has 0 aliphatic carbocycles. The summed E-state index contributed by atoms with van der Waals surface area (Å²) in [7, 11) is -12.7. The van der Waals surface area contributed by atoms with E-state index >= 15 is 0 Å². The minimum absolute atomic E-state index is 0.0162. The molecule has 184 valence electrons. The third-order valence-corrected chi connectivity index (χ3v) is 9.38. The van der Waals surface area contributed by atoms with Crippen LogP contribution < -0.4 is 4.72 Å². The molecule has 8 nitrogen and oxygen atoms in total. The number of nitrogens with zero attached hydrogens (tertiary/aromatic N) is 1. The molecule has 4 rings (SSSR count). The van der Waals surface area contributed by atoms with Crippen molar-refractivity contribution in [3.05, 3.63) is 90.0 Å². The zero-order chi connectivity index (χ0) is 25.6. The Kier molecular flexibility index (Phi) is 6.30. The maximum Gasteiger partial charge on any atom is 0.272 e. The first-order chi connectivity index (χ1) is 16.3. The lowest BCUT2D eigenvalue weighted by Gasteiger charge is -2.13. The molecule has 0 spiro atoms. The van der Waals surface area contributed by atoms with E-state index < -0.39 is 51.4 Å². The van der Waals surface area contributed by atoms with Crippen LogP contribution in [0.2, 0.25) is 0 Å². The molecular weight excluding hydrogens is 522 g/mol. The summed E-state index contributed by atoms with van der Waals surface area (Å²) in [6, 6.07) is 13.7. The normalized spacial score (nSPS) is 12.8. The number of sulfone groups is 1. The predicted octanol–water partition coefficient (Wildman–Crippen LogP) is 3.04. The molecule has 13 heteroatoms. The number of benzene rings is 3. The molecule has 1 heterocycles. The highest BCUT2D eigenvalue weighted by atomic mass is 32.2. The first-order valence-corrected chi connectivity index (χ1v) is 14.7. The number of rotatable bonds is 7. The molecule has 0 saturated carbocycles. The molecule has 1 N–H and O–H groups in total. The molecule has 0 radical (unpaired) electrons. The van der Waals surface area contributed by atoms with Crippen LogP contribution in [0.25, 0.3) is 10.9 Å². The zero-order valence-corrected chi connectivity index (χ0v) is 20.5. The van der Waals surface area contributed by atoms with Crippen LogP contribution in [0.5, 0.6) is 0 Å². The molecule has 35 heavy (non-hydrogen) atoms. The van der Waals surface area contributed by atoms with Crippen LogP contribution in [0, 0.1) is 11.6 Å². The summed E-state index contributed by atoms with van der Waals surface area (Å²) in [4.78, 5) is -1.05. The van der Waals surface area contributed by atoms with Crippen molar-refractivity contribution in [2.75, 3.05) is 6.26 Å². The standard InChI is InChI=1S/C22H18F2N2O6S3/c1-33(27,28)25-14-15-6-9-18(10-7-15)34(29,30)22-13-16-12-17(23)8-11-20(16)26(22)35(31,32)21-5-3-2-4-19(21)24/h2-13,25H,14H2,1H3. The van der Waals surface area contributed by atoms with Gasteiger partial charge < -0.3 is 0 Å². The number of halogens is 2. The summed E-state index contributed by atoms with van der Waals surface area (Å²) in [6.07, 6.45) is 0.976. The van der Waals surface area contributed by atoms with E-state index in [1.54, 1.807) is 0 Å². The molecule has 4 aromatic rings. The van der Waals surface area contributed by atoms with Crippen molar-refractivity contribution >= 4 is 40.8 Å². The van der Waals surface area contributed by atoms with Crippen molar-refractivity contribution in [2.45, 2.75) is 21.4 Å². The Labute approximate surface area is 200 Å². The van der Waals surface area contributed by atoms with Gasteiger partial charge in [0.1, 0.15) is 16.5 Å². The van der Waals surface area contributed by atoms with Gasteiger partial charge in [-0.05, 0) is 54.1 Å². The zero-order valence-electron chi connectivity index (χ0n) is 18.0. The van der Waals surface area contributed by atoms with Crippen LogP contribution in [-0.4, -0.2) is 35.5 Å². The molecule has 3 aromatic carbocycles. The summed E-state index contributed by atoms with van der Waals surface area (Å²) in [5.41, 5.74) is 0.304. The fraction of sp³-hybridized carbons (Fsp3) is 0.0909. The highest BCUT2D eigenvalue weighted by molar-refractivity contribution is 7.93. The van der Waals surface area contributed by atoms with E-state index in [2.05, 4.69) is 4.72 Å². The molecule has 0 amide bonds. The molecule has 0 bridgehead atoms. The van der Waals surface area contributed by atoms with Crippen molar-refractivity contribution in [1.29, 1.82) is 0 Å². The third-order valence-electron chi connectivity index (χ3n) is 5.09. The Hall–Kier alpha value is -3.13. The van der Waals surface area contributed by atoms with Gasteiger partial charge in [0, 0.05) is 11.9 Å². The number of hydrogen-bond donors (Lipinski definition) is 1. The lowest BCUT2D eigenvalue weighted by molar-refractivity contribution is 0.555. The van der Waals surface area contributed by atoms with Gasteiger partial charge in [-0.15, -0.1) is 0 Å². The average Bonchev–Trinajstić information content (AvgIpc) is 3.18. The molecule has 1 aromatic heterocycles. The summed E-state index contributed by atoms with van der Waals surface area (Å²) in [6.45, 7) is -0.0830. The van der Waals surface area contributed by atoms with E-state index in [-0.39, 0.29) is 22.3 Å². The van der Waals surface area contributed by atoms with Crippen LogP contribution in [-0.2, 0) is 36.4 Å². The molecule has 0 unspecified atom stereocenters. The van der Waals surface area contributed by atoms with Gasteiger partial charge in [-0.25, -0.2) is 42.7 Å². The SMILES string of the molecule is CS(=O)(=O)NCc1ccc(S(=O)(=O)c2cc3cc(F)ccc3n2S(=O)(=O)c2ccccc2F)cc1. The fourth-order valence-corrected chi connectivity index (χ4v) is 7.27. The smallest absolute Gasteiger partial charge is 0.222 e. The molecule has 0 atom stereocenters. The topological polar surface area (TPSA) is 119 Å². The molecule has 0 aliphatic heterocycles. The summed E-state index contributed by atoms with van der Waals surface area (Å²) in [5.74, 6) is -1.80. The predicted molar refractivity (Wildman–Crippen MR) is 124 cm³/mol. The van der Waals surface area contributed by atoms with Crippen LogP contribution in [0.1, 0.15) is 5.56 Å². The molecule has 0 fully saturated rings. The van der Waals surface area contributed by atoms with Gasteiger partial charge in [0.25, 0.3) is 10.0 Å². The van der Waals surface area contributed by atoms with Crippen LogP contribution in [0.15, 0.2) is 87.6 Å². The lowest BCUT2D eigenvalue weighted by Crippen LogP contribution is -2.21. The second kappa shape index (κ2) is 8.82. The lowest BCUT2D eigenvalue weighted by atomic mass is 10.2. The van der Waals surface area contributed by atoms with Crippen molar-refractivity contribution in [2.24, 2.45) is 0 Å². The van der Waals surface area contributed by atoms with Gasteiger partial charge in [0.15, 0.2) is 5.03 Å². The summed E-state index contributed by atoms with van der Waals surface area (Å²) in [5, 5.41) is -0.721. The quantitative estimate of drug-likeness (QED) is 0.385. The van der Waals surface area contributed by atoms with Gasteiger partial charge in [-0.1, -0.05) is 24.3 Å². The number of nitrogens with one attached hydrogen (secondary N) is 1. The second-order valence-electron chi connectivity index (χ2n) is 7.63. The van der Waals surface area contributed by atoms with Gasteiger partial charge in [0.2, 0.25) is 19.9 Å². The highest BCUT2D eigenvalue weighted by Crippen LogP contribution is 2.33. The highest BCUT2D eigenvalue weighted by Gasteiger charge is 2.32. The number of fused-ring (bicyclic) bond motifs is 1. The Morgan fingerprint density at radius 3 is 2.11 bits per heavy atom. The summed E-state index contributed by atoms with van der Waals surface area (Å²) >= 11 is 0. The minimum Gasteiger partial charge on any atom is -0.222 e. The van der Waals surface area contributed by atoms with Gasteiger partial charge in [0.05, 0.1) is 16.7 Å². The van der Waals surface area contributed by atoms with Crippen molar-refractivity contribution in [3.8, 4) is 0 Å². The van der Waals surface area contributed by atoms with Crippen molar-refractivity contribution in [1.82, 2.24) is 8.69 Å². The third kappa shape index (κ3) is 4.85. The molecular formula is C22H18F2N2O6S3. The van der Waals surface area contributed by atoms with Gasteiger partial charge in [-0.2, -0.15) is 0 Å². The largest absolute Gasteiger partial charge is 0.272 e. The van der Waals surface area contributed by atoms with E-state index in [9.17, 15) is 34.0 Å². The van der Waals surface area contributed by atoms with Crippen LogP contribution in [0.4, 0.5) is 8.78 Å².